The van der Waals surface area contributed by atoms with Crippen LogP contribution >= 0.6 is 0 Å². The summed E-state index contributed by atoms with van der Waals surface area (Å²) in [7, 11) is 0. The fourth-order valence-electron chi connectivity index (χ4n) is 3.54. The summed E-state index contributed by atoms with van der Waals surface area (Å²) in [6.45, 7) is 0.432. The van der Waals surface area contributed by atoms with E-state index in [0.29, 0.717) is 11.8 Å². The molecule has 1 aromatic carbocycles. The standard InChI is InChI=1S/C20H23N5O2/c26-17(14-25-12-11-21-20(25)16-9-5-2-6-10-16)22-13-18-23-19(24-27-18)15-7-3-1-4-8-15/h2,5-6,9-12,15H,1,3-4,7-8,13-14H2,(H,22,26). The molecule has 1 N–H and O–H groups in total. The van der Waals surface area contributed by atoms with Crippen LogP contribution in [0.1, 0.15) is 49.7 Å². The largest absolute Gasteiger partial charge is 0.345 e. The number of hydrogen-bond acceptors (Lipinski definition) is 5. The molecule has 1 fully saturated rings. The Morgan fingerprint density at radius 2 is 2.00 bits per heavy atom. The second-order valence-corrected chi connectivity index (χ2v) is 6.90. The van der Waals surface area contributed by atoms with Crippen molar-refractivity contribution in [2.75, 3.05) is 0 Å². The molecule has 7 nitrogen and oxygen atoms in total. The highest BCUT2D eigenvalue weighted by Gasteiger charge is 2.21. The Morgan fingerprint density at radius 1 is 1.19 bits per heavy atom. The van der Waals surface area contributed by atoms with E-state index in [1.165, 1.54) is 19.3 Å². The van der Waals surface area contributed by atoms with Gasteiger partial charge in [0.05, 0.1) is 6.54 Å². The second-order valence-electron chi connectivity index (χ2n) is 6.90. The van der Waals surface area contributed by atoms with Gasteiger partial charge in [0.2, 0.25) is 11.8 Å². The van der Waals surface area contributed by atoms with Crippen molar-refractivity contribution >= 4 is 5.91 Å². The summed E-state index contributed by atoms with van der Waals surface area (Å²) < 4.78 is 7.13. The summed E-state index contributed by atoms with van der Waals surface area (Å²) in [4.78, 5) is 21.1. The summed E-state index contributed by atoms with van der Waals surface area (Å²) in [5.41, 5.74) is 0.976. The van der Waals surface area contributed by atoms with Crippen molar-refractivity contribution in [3.63, 3.8) is 0 Å². The van der Waals surface area contributed by atoms with E-state index in [4.69, 9.17) is 4.52 Å². The van der Waals surface area contributed by atoms with Gasteiger partial charge in [-0.25, -0.2) is 4.98 Å². The number of amides is 1. The van der Waals surface area contributed by atoms with Crippen molar-refractivity contribution in [1.82, 2.24) is 25.0 Å². The van der Waals surface area contributed by atoms with E-state index in [1.54, 1.807) is 12.4 Å². The van der Waals surface area contributed by atoms with Crippen LogP contribution in [0.2, 0.25) is 0 Å². The van der Waals surface area contributed by atoms with Crippen LogP contribution in [0.25, 0.3) is 11.4 Å². The Balaban J connectivity index is 1.33. The smallest absolute Gasteiger partial charge is 0.246 e. The third kappa shape index (κ3) is 4.24. The van der Waals surface area contributed by atoms with Crippen LogP contribution < -0.4 is 5.32 Å². The third-order valence-electron chi connectivity index (χ3n) is 4.95. The number of carbonyl (C=O) groups excluding carboxylic acids is 1. The second kappa shape index (κ2) is 8.16. The van der Waals surface area contributed by atoms with Crippen LogP contribution in [0.5, 0.6) is 0 Å². The van der Waals surface area contributed by atoms with E-state index >= 15 is 0 Å². The highest BCUT2D eigenvalue weighted by Crippen LogP contribution is 2.30. The number of benzene rings is 1. The van der Waals surface area contributed by atoms with Gasteiger partial charge in [-0.15, -0.1) is 0 Å². The molecule has 2 aromatic heterocycles. The summed E-state index contributed by atoms with van der Waals surface area (Å²) in [5.74, 6) is 2.27. The van der Waals surface area contributed by atoms with E-state index in [0.717, 1.165) is 30.1 Å². The molecule has 0 atom stereocenters. The van der Waals surface area contributed by atoms with Gasteiger partial charge in [-0.3, -0.25) is 4.79 Å². The molecule has 0 spiro atoms. The minimum atomic E-state index is -0.123. The minimum Gasteiger partial charge on any atom is -0.345 e. The van der Waals surface area contributed by atoms with Crippen LogP contribution in [0.15, 0.2) is 47.2 Å². The van der Waals surface area contributed by atoms with Gasteiger partial charge in [0.25, 0.3) is 0 Å². The number of hydrogen-bond donors (Lipinski definition) is 1. The molecule has 4 rings (SSSR count). The molecular weight excluding hydrogens is 342 g/mol. The molecule has 27 heavy (non-hydrogen) atoms. The lowest BCUT2D eigenvalue weighted by atomic mass is 9.89. The van der Waals surface area contributed by atoms with Crippen molar-refractivity contribution in [3.05, 3.63) is 54.4 Å². The highest BCUT2D eigenvalue weighted by molar-refractivity contribution is 5.76. The maximum absolute atomic E-state index is 12.3. The van der Waals surface area contributed by atoms with Crippen LogP contribution in [-0.4, -0.2) is 25.6 Å². The Hall–Kier alpha value is -2.96. The molecule has 1 amide bonds. The summed E-state index contributed by atoms with van der Waals surface area (Å²) >= 11 is 0. The number of nitrogens with one attached hydrogen (secondary N) is 1. The maximum atomic E-state index is 12.3. The normalized spacial score (nSPS) is 15.0. The van der Waals surface area contributed by atoms with Crippen LogP contribution in [0.4, 0.5) is 0 Å². The van der Waals surface area contributed by atoms with E-state index in [9.17, 15) is 4.79 Å². The van der Waals surface area contributed by atoms with Crippen molar-refractivity contribution < 1.29 is 9.32 Å². The summed E-state index contributed by atoms with van der Waals surface area (Å²) in [6.07, 6.45) is 9.47. The lowest BCUT2D eigenvalue weighted by Crippen LogP contribution is -2.27. The average molecular weight is 365 g/mol. The first kappa shape index (κ1) is 17.5. The quantitative estimate of drug-likeness (QED) is 0.724. The fraction of sp³-hybridized carbons (Fsp3) is 0.400. The molecule has 0 bridgehead atoms. The molecule has 2 heterocycles. The van der Waals surface area contributed by atoms with E-state index in [2.05, 4.69) is 20.4 Å². The van der Waals surface area contributed by atoms with Crippen molar-refractivity contribution in [2.45, 2.75) is 51.1 Å². The lowest BCUT2D eigenvalue weighted by Gasteiger charge is -2.17. The van der Waals surface area contributed by atoms with E-state index < -0.39 is 0 Å². The highest BCUT2D eigenvalue weighted by atomic mass is 16.5. The zero-order valence-electron chi connectivity index (χ0n) is 15.2. The zero-order valence-corrected chi connectivity index (χ0v) is 15.2. The van der Waals surface area contributed by atoms with Crippen LogP contribution in [-0.2, 0) is 17.9 Å². The molecule has 140 valence electrons. The van der Waals surface area contributed by atoms with Gasteiger partial charge in [-0.05, 0) is 12.8 Å². The molecular formula is C20H23N5O2. The first-order valence-electron chi connectivity index (χ1n) is 9.45. The summed E-state index contributed by atoms with van der Waals surface area (Å²) in [6, 6.07) is 9.81. The van der Waals surface area contributed by atoms with Gasteiger partial charge < -0.3 is 14.4 Å². The first-order valence-corrected chi connectivity index (χ1v) is 9.45. The number of carbonyl (C=O) groups is 1. The van der Waals surface area contributed by atoms with Gasteiger partial charge >= 0.3 is 0 Å². The van der Waals surface area contributed by atoms with Gasteiger partial charge in [0, 0.05) is 23.9 Å². The molecule has 1 aliphatic carbocycles. The SMILES string of the molecule is O=C(Cn1ccnc1-c1ccccc1)NCc1nc(C2CCCCC2)no1. The monoisotopic (exact) mass is 365 g/mol. The molecule has 3 aromatic rings. The van der Waals surface area contributed by atoms with E-state index in [1.807, 2.05) is 34.9 Å². The molecule has 0 radical (unpaired) electrons. The van der Waals surface area contributed by atoms with Crippen LogP contribution in [0, 0.1) is 0 Å². The minimum absolute atomic E-state index is 0.123. The maximum Gasteiger partial charge on any atom is 0.246 e. The first-order chi connectivity index (χ1) is 13.3. The van der Waals surface area contributed by atoms with Gasteiger partial charge in [0.1, 0.15) is 12.4 Å². The lowest BCUT2D eigenvalue weighted by molar-refractivity contribution is -0.121. The summed E-state index contributed by atoms with van der Waals surface area (Å²) in [5, 5.41) is 6.94. The Kier molecular flexibility index (Phi) is 5.27. The van der Waals surface area contributed by atoms with Gasteiger partial charge in [-0.2, -0.15) is 4.98 Å². The number of aromatic nitrogens is 4. The Bertz CT molecular complexity index is 881. The van der Waals surface area contributed by atoms with Crippen molar-refractivity contribution in [2.24, 2.45) is 0 Å². The van der Waals surface area contributed by atoms with Gasteiger partial charge in [0.15, 0.2) is 5.82 Å². The average Bonchev–Trinajstić information content (AvgIpc) is 3.37. The molecule has 1 aliphatic rings. The van der Waals surface area contributed by atoms with Crippen molar-refractivity contribution in [3.8, 4) is 11.4 Å². The molecule has 7 heteroatoms. The van der Waals surface area contributed by atoms with E-state index in [-0.39, 0.29) is 19.0 Å². The molecule has 1 saturated carbocycles. The fourth-order valence-corrected chi connectivity index (χ4v) is 3.54. The van der Waals surface area contributed by atoms with Gasteiger partial charge in [-0.1, -0.05) is 54.8 Å². The van der Waals surface area contributed by atoms with Crippen molar-refractivity contribution in [1.29, 1.82) is 0 Å². The zero-order chi connectivity index (χ0) is 18.5. The molecule has 0 saturated heterocycles. The van der Waals surface area contributed by atoms with Crippen LogP contribution in [0.3, 0.4) is 0 Å². The number of imidazole rings is 1. The Labute approximate surface area is 157 Å². The predicted molar refractivity (Wildman–Crippen MR) is 99.6 cm³/mol. The topological polar surface area (TPSA) is 85.8 Å². The molecule has 0 unspecified atom stereocenters. The Morgan fingerprint density at radius 3 is 2.81 bits per heavy atom. The number of rotatable bonds is 6. The predicted octanol–water partition coefficient (Wildman–Crippen LogP) is 3.30. The number of nitrogens with zero attached hydrogens (tertiary/aromatic N) is 4. The molecule has 0 aliphatic heterocycles. The third-order valence-corrected chi connectivity index (χ3v) is 4.95.